The summed E-state index contributed by atoms with van der Waals surface area (Å²) in [4.78, 5) is 12.3. The third-order valence-electron chi connectivity index (χ3n) is 4.16. The number of hydrogen-bond acceptors (Lipinski definition) is 4. The number of amides is 1. The summed E-state index contributed by atoms with van der Waals surface area (Å²) in [6, 6.07) is 14.1. The van der Waals surface area contributed by atoms with Gasteiger partial charge in [0, 0.05) is 22.3 Å². The number of carbonyl (C=O) groups is 1. The quantitative estimate of drug-likeness (QED) is 0.472. The summed E-state index contributed by atoms with van der Waals surface area (Å²) in [5.74, 6) is -0.601. The average Bonchev–Trinajstić information content (AvgIpc) is 3.17. The third-order valence-corrected chi connectivity index (χ3v) is 4.40. The average molecular weight is 368 g/mol. The lowest BCUT2D eigenvalue weighted by molar-refractivity contribution is 0.0970. The van der Waals surface area contributed by atoms with Gasteiger partial charge in [0.15, 0.2) is 11.4 Å². The van der Waals surface area contributed by atoms with E-state index in [1.54, 1.807) is 28.8 Å². The van der Waals surface area contributed by atoms with Gasteiger partial charge < -0.3 is 14.1 Å². The second-order valence-corrected chi connectivity index (χ2v) is 6.17. The van der Waals surface area contributed by atoms with Crippen LogP contribution in [0, 0.1) is 0 Å². The zero-order valence-electron chi connectivity index (χ0n) is 13.8. The molecule has 130 valence electrons. The lowest BCUT2D eigenvalue weighted by Gasteiger charge is -2.00. The van der Waals surface area contributed by atoms with Gasteiger partial charge in [-0.05, 0) is 37.3 Å². The van der Waals surface area contributed by atoms with Gasteiger partial charge in [-0.2, -0.15) is 0 Å². The second-order valence-electron chi connectivity index (χ2n) is 5.73. The number of hydrogen-bond donors (Lipinski definition) is 1. The van der Waals surface area contributed by atoms with Crippen molar-refractivity contribution >= 4 is 45.1 Å². The summed E-state index contributed by atoms with van der Waals surface area (Å²) in [7, 11) is 0. The van der Waals surface area contributed by atoms with Crippen LogP contribution in [-0.4, -0.2) is 15.6 Å². The number of para-hydroxylation sites is 1. The molecule has 0 fully saturated rings. The molecule has 2 heterocycles. The Morgan fingerprint density at radius 3 is 2.85 bits per heavy atom. The first-order valence-electron chi connectivity index (χ1n) is 8.04. The highest BCUT2D eigenvalue weighted by Gasteiger charge is 2.17. The summed E-state index contributed by atoms with van der Waals surface area (Å²) in [6.07, 6.45) is 0. The molecule has 1 amide bonds. The number of fused-ring (bicyclic) bond motifs is 2. The highest BCUT2D eigenvalue weighted by atomic mass is 35.5. The Morgan fingerprint density at radius 1 is 1.23 bits per heavy atom. The number of aryl methyl sites for hydroxylation is 1. The maximum absolute atomic E-state index is 12.3. The van der Waals surface area contributed by atoms with Crippen LogP contribution in [0.3, 0.4) is 0 Å². The van der Waals surface area contributed by atoms with Crippen LogP contribution in [0.25, 0.3) is 21.9 Å². The van der Waals surface area contributed by atoms with Gasteiger partial charge in [-0.3, -0.25) is 4.79 Å². The van der Waals surface area contributed by atoms with Gasteiger partial charge in [0.25, 0.3) is 0 Å². The molecule has 0 radical (unpaired) electrons. The molecular weight excluding hydrogens is 354 g/mol. The maximum atomic E-state index is 12.3. The number of azo groups is 1. The first-order chi connectivity index (χ1) is 12.6. The van der Waals surface area contributed by atoms with Crippen molar-refractivity contribution in [3.8, 4) is 5.88 Å². The molecule has 1 N–H and O–H groups in total. The van der Waals surface area contributed by atoms with Crippen LogP contribution in [0.4, 0.5) is 5.69 Å². The lowest BCUT2D eigenvalue weighted by atomic mass is 10.2. The molecule has 4 aromatic rings. The van der Waals surface area contributed by atoms with Crippen molar-refractivity contribution in [1.82, 2.24) is 4.57 Å². The monoisotopic (exact) mass is 367 g/mol. The van der Waals surface area contributed by atoms with E-state index < -0.39 is 5.91 Å². The highest BCUT2D eigenvalue weighted by molar-refractivity contribution is 6.31. The normalized spacial score (nSPS) is 11.8. The van der Waals surface area contributed by atoms with Gasteiger partial charge in [-0.25, -0.2) is 0 Å². The Labute approximate surface area is 153 Å². The van der Waals surface area contributed by atoms with Crippen molar-refractivity contribution in [3.05, 3.63) is 59.3 Å². The standard InChI is InChI=1S/C19H14ClN3O3/c1-2-23-14-6-4-3-5-13(14)17(19(23)25)21-22-18(24)16-10-11-9-12(20)7-8-15(11)26-16/h3-10,25H,2H2,1H3. The number of rotatable bonds is 3. The van der Waals surface area contributed by atoms with E-state index in [0.29, 0.717) is 22.5 Å². The largest absolute Gasteiger partial charge is 0.493 e. The van der Waals surface area contributed by atoms with Gasteiger partial charge >= 0.3 is 5.91 Å². The van der Waals surface area contributed by atoms with E-state index in [-0.39, 0.29) is 17.3 Å². The summed E-state index contributed by atoms with van der Waals surface area (Å²) < 4.78 is 7.19. The molecule has 2 aromatic heterocycles. The number of benzene rings is 2. The molecule has 4 rings (SSSR count). The molecule has 0 aliphatic heterocycles. The minimum atomic E-state index is -0.634. The molecule has 0 aliphatic rings. The Balaban J connectivity index is 1.72. The van der Waals surface area contributed by atoms with E-state index in [1.165, 1.54) is 0 Å². The molecule has 7 heteroatoms. The van der Waals surface area contributed by atoms with E-state index >= 15 is 0 Å². The molecule has 26 heavy (non-hydrogen) atoms. The maximum Gasteiger partial charge on any atom is 0.331 e. The van der Waals surface area contributed by atoms with Crippen LogP contribution in [0.5, 0.6) is 5.88 Å². The molecular formula is C19H14ClN3O3. The van der Waals surface area contributed by atoms with Gasteiger partial charge in [-0.1, -0.05) is 29.8 Å². The molecule has 0 atom stereocenters. The fraction of sp³-hybridized carbons (Fsp3) is 0.105. The van der Waals surface area contributed by atoms with Crippen LogP contribution in [0.15, 0.2) is 63.2 Å². The van der Waals surface area contributed by atoms with Crippen LogP contribution in [-0.2, 0) is 6.54 Å². The molecule has 0 spiro atoms. The van der Waals surface area contributed by atoms with Crippen molar-refractivity contribution in [2.24, 2.45) is 10.2 Å². The first kappa shape index (κ1) is 16.4. The number of nitrogens with zero attached hydrogens (tertiary/aromatic N) is 3. The van der Waals surface area contributed by atoms with E-state index in [2.05, 4.69) is 10.2 Å². The van der Waals surface area contributed by atoms with Gasteiger partial charge in [-0.15, -0.1) is 10.2 Å². The molecule has 0 aliphatic carbocycles. The van der Waals surface area contributed by atoms with Crippen LogP contribution in [0.2, 0.25) is 5.02 Å². The summed E-state index contributed by atoms with van der Waals surface area (Å²) >= 11 is 5.94. The predicted octanol–water partition coefficient (Wildman–Crippen LogP) is 5.69. The number of halogens is 1. The van der Waals surface area contributed by atoms with E-state index in [0.717, 1.165) is 10.9 Å². The van der Waals surface area contributed by atoms with Crippen molar-refractivity contribution in [1.29, 1.82) is 0 Å². The highest BCUT2D eigenvalue weighted by Crippen LogP contribution is 2.38. The lowest BCUT2D eigenvalue weighted by Crippen LogP contribution is -1.91. The van der Waals surface area contributed by atoms with E-state index in [9.17, 15) is 9.90 Å². The van der Waals surface area contributed by atoms with E-state index in [4.69, 9.17) is 16.0 Å². The van der Waals surface area contributed by atoms with Gasteiger partial charge in [0.05, 0.1) is 5.52 Å². The molecule has 0 saturated carbocycles. The fourth-order valence-corrected chi connectivity index (χ4v) is 3.14. The minimum Gasteiger partial charge on any atom is -0.493 e. The number of aromatic hydroxyl groups is 1. The van der Waals surface area contributed by atoms with E-state index in [1.807, 2.05) is 31.2 Å². The van der Waals surface area contributed by atoms with Crippen molar-refractivity contribution in [2.75, 3.05) is 0 Å². The summed E-state index contributed by atoms with van der Waals surface area (Å²) in [5, 5.41) is 20.1. The molecule has 0 unspecified atom stereocenters. The molecule has 0 saturated heterocycles. The second kappa shape index (κ2) is 6.31. The van der Waals surface area contributed by atoms with Crippen LogP contribution < -0.4 is 0 Å². The van der Waals surface area contributed by atoms with Crippen LogP contribution in [0.1, 0.15) is 17.5 Å². The Bertz CT molecular complexity index is 1170. The van der Waals surface area contributed by atoms with Gasteiger partial charge in [0.1, 0.15) is 5.58 Å². The van der Waals surface area contributed by atoms with Gasteiger partial charge in [0.2, 0.25) is 5.88 Å². The Hall–Kier alpha value is -3.12. The van der Waals surface area contributed by atoms with Crippen molar-refractivity contribution in [3.63, 3.8) is 0 Å². The summed E-state index contributed by atoms with van der Waals surface area (Å²) in [6.45, 7) is 2.48. The number of carbonyl (C=O) groups excluding carboxylic acids is 1. The predicted molar refractivity (Wildman–Crippen MR) is 99.3 cm³/mol. The Morgan fingerprint density at radius 2 is 2.04 bits per heavy atom. The summed E-state index contributed by atoms with van der Waals surface area (Å²) in [5.41, 5.74) is 1.63. The topological polar surface area (TPSA) is 80.1 Å². The molecule has 2 aromatic carbocycles. The van der Waals surface area contributed by atoms with Crippen molar-refractivity contribution in [2.45, 2.75) is 13.5 Å². The molecule has 6 nitrogen and oxygen atoms in total. The SMILES string of the molecule is CCn1c(O)c(N=NC(=O)c2cc3cc(Cl)ccc3o2)c2ccccc21. The van der Waals surface area contributed by atoms with Crippen molar-refractivity contribution < 1.29 is 14.3 Å². The minimum absolute atomic E-state index is 0.0263. The fourth-order valence-electron chi connectivity index (χ4n) is 2.95. The number of aromatic nitrogens is 1. The zero-order valence-corrected chi connectivity index (χ0v) is 14.6. The Kier molecular flexibility index (Phi) is 3.97. The third kappa shape index (κ3) is 2.64. The van der Waals surface area contributed by atoms with Crippen LogP contribution >= 0.6 is 11.6 Å². The smallest absolute Gasteiger partial charge is 0.331 e. The zero-order chi connectivity index (χ0) is 18.3. The molecule has 0 bridgehead atoms. The number of furan rings is 1. The first-order valence-corrected chi connectivity index (χ1v) is 8.41.